The number of nitrogens with zero attached hydrogens (tertiary/aromatic N) is 1. The highest BCUT2D eigenvalue weighted by atomic mass is 16.4. The Labute approximate surface area is 146 Å². The van der Waals surface area contributed by atoms with Gasteiger partial charge in [-0.2, -0.15) is 0 Å². The van der Waals surface area contributed by atoms with E-state index in [4.69, 9.17) is 0 Å². The summed E-state index contributed by atoms with van der Waals surface area (Å²) in [6.45, 7) is 8.62. The van der Waals surface area contributed by atoms with Gasteiger partial charge in [-0.1, -0.05) is 38.1 Å². The van der Waals surface area contributed by atoms with E-state index in [-0.39, 0.29) is 16.5 Å². The van der Waals surface area contributed by atoms with Gasteiger partial charge in [0.15, 0.2) is 5.43 Å². The maximum Gasteiger partial charge on any atom is 0.341 e. The van der Waals surface area contributed by atoms with Crippen LogP contribution < -0.4 is 5.43 Å². The van der Waals surface area contributed by atoms with Crippen LogP contribution in [-0.4, -0.2) is 15.6 Å². The molecule has 4 heteroatoms. The summed E-state index contributed by atoms with van der Waals surface area (Å²) >= 11 is 0. The highest BCUT2D eigenvalue weighted by molar-refractivity contribution is 6.00. The average Bonchev–Trinajstić information content (AvgIpc) is 2.93. The van der Waals surface area contributed by atoms with Crippen molar-refractivity contribution >= 4 is 17.1 Å². The Morgan fingerprint density at radius 2 is 1.84 bits per heavy atom. The third kappa shape index (κ3) is 1.88. The van der Waals surface area contributed by atoms with Crippen LogP contribution in [0.25, 0.3) is 11.1 Å². The van der Waals surface area contributed by atoms with Crippen molar-refractivity contribution < 1.29 is 9.90 Å². The van der Waals surface area contributed by atoms with Gasteiger partial charge in [0, 0.05) is 35.3 Å². The number of carboxylic acids is 1. The normalized spacial score (nSPS) is 19.2. The Balaban J connectivity index is 2.10. The van der Waals surface area contributed by atoms with Gasteiger partial charge in [-0.05, 0) is 36.1 Å². The van der Waals surface area contributed by atoms with Gasteiger partial charge in [-0.15, -0.1) is 0 Å². The summed E-state index contributed by atoms with van der Waals surface area (Å²) in [6.07, 6.45) is 2.30. The zero-order chi connectivity index (χ0) is 18.1. The van der Waals surface area contributed by atoms with E-state index in [0.717, 1.165) is 17.7 Å². The van der Waals surface area contributed by atoms with Crippen LogP contribution in [0, 0.1) is 5.41 Å². The Kier molecular flexibility index (Phi) is 3.00. The average molecular weight is 335 g/mol. The van der Waals surface area contributed by atoms with Gasteiger partial charge in [0.2, 0.25) is 0 Å². The summed E-state index contributed by atoms with van der Waals surface area (Å²) in [5.74, 6) is -1.18. The van der Waals surface area contributed by atoms with Gasteiger partial charge in [-0.25, -0.2) is 4.79 Å². The molecule has 2 aliphatic rings. The largest absolute Gasteiger partial charge is 0.477 e. The summed E-state index contributed by atoms with van der Waals surface area (Å²) in [4.78, 5) is 23.8. The van der Waals surface area contributed by atoms with E-state index in [0.29, 0.717) is 0 Å². The van der Waals surface area contributed by atoms with Crippen molar-refractivity contribution in [1.29, 1.82) is 0 Å². The van der Waals surface area contributed by atoms with E-state index >= 15 is 0 Å². The summed E-state index contributed by atoms with van der Waals surface area (Å²) in [6, 6.07) is 9.87. The monoisotopic (exact) mass is 335 g/mol. The smallest absolute Gasteiger partial charge is 0.341 e. The zero-order valence-corrected chi connectivity index (χ0v) is 14.9. The molecule has 2 heterocycles. The summed E-state index contributed by atoms with van der Waals surface area (Å²) in [5.41, 5.74) is 4.56. The number of rotatable bonds is 1. The van der Waals surface area contributed by atoms with Gasteiger partial charge in [0.05, 0.1) is 0 Å². The first-order valence-corrected chi connectivity index (χ1v) is 8.49. The minimum atomic E-state index is -1.18. The Bertz CT molecular complexity index is 1020. The van der Waals surface area contributed by atoms with Crippen molar-refractivity contribution in [2.45, 2.75) is 39.7 Å². The molecule has 1 aliphatic carbocycles. The predicted octanol–water partition coefficient (Wildman–Crippen LogP) is 3.79. The number of pyridine rings is 1. The highest BCUT2D eigenvalue weighted by Gasteiger charge is 2.49. The number of carbonyl (C=O) groups is 1. The lowest BCUT2D eigenvalue weighted by atomic mass is 9.64. The summed E-state index contributed by atoms with van der Waals surface area (Å²) in [5, 5.41) is 9.37. The van der Waals surface area contributed by atoms with E-state index in [1.54, 1.807) is 0 Å². The maximum atomic E-state index is 12.3. The van der Waals surface area contributed by atoms with Crippen LogP contribution in [-0.2, 0) is 12.0 Å². The van der Waals surface area contributed by atoms with Crippen LogP contribution in [0.4, 0.5) is 0 Å². The molecule has 1 aliphatic heterocycles. The number of aromatic nitrogens is 1. The van der Waals surface area contributed by atoms with Gasteiger partial charge in [0.1, 0.15) is 5.56 Å². The number of fused-ring (bicyclic) bond motifs is 4. The second-order valence-corrected chi connectivity index (χ2v) is 7.98. The Morgan fingerprint density at radius 1 is 1.16 bits per heavy atom. The Hall–Kier alpha value is -2.62. The second kappa shape index (κ2) is 4.72. The van der Waals surface area contributed by atoms with E-state index in [9.17, 15) is 14.7 Å². The number of allylic oxidation sites excluding steroid dienone is 2. The topological polar surface area (TPSA) is 59.3 Å². The second-order valence-electron chi connectivity index (χ2n) is 7.98. The molecule has 2 aromatic rings. The summed E-state index contributed by atoms with van der Waals surface area (Å²) in [7, 11) is 0. The first-order valence-electron chi connectivity index (χ1n) is 8.49. The highest BCUT2D eigenvalue weighted by Crippen LogP contribution is 2.57. The van der Waals surface area contributed by atoms with Crippen LogP contribution in [0.1, 0.15) is 54.9 Å². The molecule has 0 spiro atoms. The van der Waals surface area contributed by atoms with Gasteiger partial charge < -0.3 is 9.67 Å². The zero-order valence-electron chi connectivity index (χ0n) is 14.9. The molecule has 0 radical (unpaired) electrons. The third-order valence-electron chi connectivity index (χ3n) is 6.30. The Morgan fingerprint density at radius 3 is 2.52 bits per heavy atom. The molecule has 0 saturated heterocycles. The number of benzene rings is 1. The molecule has 0 atom stereocenters. The fraction of sp³-hybridized carbons (Fsp3) is 0.333. The van der Waals surface area contributed by atoms with Gasteiger partial charge in [0.25, 0.3) is 0 Å². The minimum Gasteiger partial charge on any atom is -0.477 e. The number of aromatic carboxylic acids is 1. The fourth-order valence-corrected chi connectivity index (χ4v) is 4.29. The first-order chi connectivity index (χ1) is 11.7. The lowest BCUT2D eigenvalue weighted by Crippen LogP contribution is -2.47. The number of hydrogen-bond donors (Lipinski definition) is 1. The van der Waals surface area contributed by atoms with E-state index < -0.39 is 11.4 Å². The van der Waals surface area contributed by atoms with E-state index in [2.05, 4.69) is 39.8 Å². The van der Waals surface area contributed by atoms with Crippen LogP contribution in [0.3, 0.4) is 0 Å². The van der Waals surface area contributed by atoms with Crippen molar-refractivity contribution in [2.75, 3.05) is 0 Å². The molecule has 0 saturated carbocycles. The minimum absolute atomic E-state index is 0.174. The SMILES string of the molecule is CC1(C)C2=C(Cc3ccccc32)c2cc(=O)c(C(=O)O)cn2C1(C)C. The molecule has 1 aromatic heterocycles. The van der Waals surface area contributed by atoms with Crippen molar-refractivity contribution in [1.82, 2.24) is 4.57 Å². The van der Waals surface area contributed by atoms with Crippen molar-refractivity contribution in [3.63, 3.8) is 0 Å². The predicted molar refractivity (Wildman–Crippen MR) is 97.7 cm³/mol. The van der Waals surface area contributed by atoms with Crippen molar-refractivity contribution in [2.24, 2.45) is 5.41 Å². The van der Waals surface area contributed by atoms with Crippen LogP contribution in [0.15, 0.2) is 41.3 Å². The number of hydrogen-bond acceptors (Lipinski definition) is 2. The lowest BCUT2D eigenvalue weighted by molar-refractivity contribution is 0.0692. The standard InChI is InChI=1S/C21H21NO3/c1-20(2)18-13-8-6-5-7-12(13)9-14(18)16-10-17(23)15(19(24)25)11-22(16)21(20,3)4/h5-8,10-11H,9H2,1-4H3,(H,24,25). The van der Waals surface area contributed by atoms with Crippen LogP contribution in [0.5, 0.6) is 0 Å². The molecule has 4 rings (SSSR count). The van der Waals surface area contributed by atoms with Gasteiger partial charge in [-0.3, -0.25) is 4.79 Å². The fourth-order valence-electron chi connectivity index (χ4n) is 4.29. The van der Waals surface area contributed by atoms with Crippen LogP contribution in [0.2, 0.25) is 0 Å². The van der Waals surface area contributed by atoms with Gasteiger partial charge >= 0.3 is 5.97 Å². The quantitative estimate of drug-likeness (QED) is 0.862. The third-order valence-corrected chi connectivity index (χ3v) is 6.30. The molecule has 0 amide bonds. The molecule has 128 valence electrons. The molecule has 0 fully saturated rings. The van der Waals surface area contributed by atoms with Crippen molar-refractivity contribution in [3.8, 4) is 0 Å². The molecule has 25 heavy (non-hydrogen) atoms. The van der Waals surface area contributed by atoms with E-state index in [1.165, 1.54) is 29.0 Å². The molecule has 0 bridgehead atoms. The van der Waals surface area contributed by atoms with Crippen molar-refractivity contribution in [3.05, 3.63) is 69.1 Å². The molecule has 4 nitrogen and oxygen atoms in total. The first kappa shape index (κ1) is 15.9. The molecular formula is C21H21NO3. The number of carboxylic acid groups (broad SMARTS) is 1. The molecule has 1 aromatic carbocycles. The molecular weight excluding hydrogens is 314 g/mol. The lowest BCUT2D eigenvalue weighted by Gasteiger charge is -2.50. The molecule has 1 N–H and O–H groups in total. The maximum absolute atomic E-state index is 12.3. The summed E-state index contributed by atoms with van der Waals surface area (Å²) < 4.78 is 1.99. The molecule has 0 unspecified atom stereocenters. The van der Waals surface area contributed by atoms with Crippen LogP contribution >= 0.6 is 0 Å². The van der Waals surface area contributed by atoms with E-state index in [1.807, 2.05) is 16.7 Å².